The molecule has 0 saturated heterocycles. The minimum atomic E-state index is -0.575. The zero-order chi connectivity index (χ0) is 16.7. The van der Waals surface area contributed by atoms with Crippen molar-refractivity contribution < 1.29 is 14.3 Å². The number of anilines is 1. The van der Waals surface area contributed by atoms with Crippen molar-refractivity contribution in [2.45, 2.75) is 33.3 Å². The highest BCUT2D eigenvalue weighted by atomic mass is 16.5. The predicted molar refractivity (Wildman–Crippen MR) is 92.1 cm³/mol. The van der Waals surface area contributed by atoms with Crippen molar-refractivity contribution in [3.05, 3.63) is 54.1 Å². The van der Waals surface area contributed by atoms with Crippen molar-refractivity contribution in [2.75, 3.05) is 11.9 Å². The van der Waals surface area contributed by atoms with Crippen LogP contribution in [0.4, 0.5) is 5.69 Å². The highest BCUT2D eigenvalue weighted by Crippen LogP contribution is 2.17. The molecule has 0 aliphatic rings. The van der Waals surface area contributed by atoms with E-state index in [-0.39, 0.29) is 5.91 Å². The SMILES string of the molecule is CCCOc1ccc(NC(=O)[C@@H](C)Oc2ccc(C)cc2)cc1. The van der Waals surface area contributed by atoms with Crippen LogP contribution < -0.4 is 14.8 Å². The predicted octanol–water partition coefficient (Wildman–Crippen LogP) is 4.19. The lowest BCUT2D eigenvalue weighted by Gasteiger charge is -2.15. The van der Waals surface area contributed by atoms with Crippen LogP contribution in [0.15, 0.2) is 48.5 Å². The Kier molecular flexibility index (Phi) is 6.03. The summed E-state index contributed by atoms with van der Waals surface area (Å²) >= 11 is 0. The second kappa shape index (κ2) is 8.22. The molecule has 1 amide bonds. The number of hydrogen-bond acceptors (Lipinski definition) is 3. The van der Waals surface area contributed by atoms with E-state index in [9.17, 15) is 4.79 Å². The maximum atomic E-state index is 12.2. The van der Waals surface area contributed by atoms with Crippen molar-refractivity contribution >= 4 is 11.6 Å². The summed E-state index contributed by atoms with van der Waals surface area (Å²) in [5, 5.41) is 2.84. The van der Waals surface area contributed by atoms with Gasteiger partial charge >= 0.3 is 0 Å². The fourth-order valence-electron chi connectivity index (χ4n) is 1.97. The van der Waals surface area contributed by atoms with E-state index >= 15 is 0 Å². The van der Waals surface area contributed by atoms with Crippen LogP contribution in [0.3, 0.4) is 0 Å². The fraction of sp³-hybridized carbons (Fsp3) is 0.316. The number of carbonyl (C=O) groups excluding carboxylic acids is 1. The molecule has 1 atom stereocenters. The molecule has 0 heterocycles. The summed E-state index contributed by atoms with van der Waals surface area (Å²) in [7, 11) is 0. The summed E-state index contributed by atoms with van der Waals surface area (Å²) in [6, 6.07) is 15.0. The summed E-state index contributed by atoms with van der Waals surface area (Å²) in [6.45, 7) is 6.49. The van der Waals surface area contributed by atoms with E-state index in [1.54, 1.807) is 6.92 Å². The molecule has 2 rings (SSSR count). The smallest absolute Gasteiger partial charge is 0.265 e. The second-order valence-electron chi connectivity index (χ2n) is 5.44. The molecule has 122 valence electrons. The molecule has 0 aliphatic carbocycles. The molecule has 23 heavy (non-hydrogen) atoms. The number of nitrogens with one attached hydrogen (secondary N) is 1. The van der Waals surface area contributed by atoms with Gasteiger partial charge in [0.2, 0.25) is 0 Å². The number of hydrogen-bond donors (Lipinski definition) is 1. The van der Waals surface area contributed by atoms with Crippen LogP contribution in [-0.4, -0.2) is 18.6 Å². The van der Waals surface area contributed by atoms with Crippen molar-refractivity contribution in [1.29, 1.82) is 0 Å². The van der Waals surface area contributed by atoms with Crippen molar-refractivity contribution in [3.8, 4) is 11.5 Å². The van der Waals surface area contributed by atoms with Gasteiger partial charge in [0.1, 0.15) is 11.5 Å². The lowest BCUT2D eigenvalue weighted by Crippen LogP contribution is -2.30. The average Bonchev–Trinajstić information content (AvgIpc) is 2.56. The molecule has 1 N–H and O–H groups in total. The first-order valence-corrected chi connectivity index (χ1v) is 7.85. The molecular formula is C19H23NO3. The zero-order valence-electron chi connectivity index (χ0n) is 13.8. The van der Waals surface area contributed by atoms with E-state index in [0.717, 1.165) is 23.4 Å². The van der Waals surface area contributed by atoms with E-state index in [1.807, 2.05) is 55.5 Å². The van der Waals surface area contributed by atoms with Gasteiger partial charge < -0.3 is 14.8 Å². The van der Waals surface area contributed by atoms with Crippen LogP contribution in [-0.2, 0) is 4.79 Å². The minimum Gasteiger partial charge on any atom is -0.494 e. The molecule has 0 saturated carbocycles. The molecule has 0 fully saturated rings. The van der Waals surface area contributed by atoms with Crippen LogP contribution in [0, 0.1) is 6.92 Å². The quantitative estimate of drug-likeness (QED) is 0.833. The van der Waals surface area contributed by atoms with Gasteiger partial charge in [-0.15, -0.1) is 0 Å². The van der Waals surface area contributed by atoms with E-state index in [0.29, 0.717) is 12.4 Å². The molecule has 4 heteroatoms. The van der Waals surface area contributed by atoms with Gasteiger partial charge in [0.05, 0.1) is 6.61 Å². The maximum absolute atomic E-state index is 12.2. The molecule has 0 spiro atoms. The van der Waals surface area contributed by atoms with Crippen LogP contribution >= 0.6 is 0 Å². The molecule has 4 nitrogen and oxygen atoms in total. The summed E-state index contributed by atoms with van der Waals surface area (Å²) in [5.41, 5.74) is 1.87. The van der Waals surface area contributed by atoms with Gasteiger partial charge in [-0.3, -0.25) is 4.79 Å². The zero-order valence-corrected chi connectivity index (χ0v) is 13.8. The molecule has 2 aromatic carbocycles. The standard InChI is InChI=1S/C19H23NO3/c1-4-13-22-17-11-7-16(8-12-17)20-19(21)15(3)23-18-9-5-14(2)6-10-18/h5-12,15H,4,13H2,1-3H3,(H,20,21)/t15-/m1/s1. The van der Waals surface area contributed by atoms with Crippen LogP contribution in [0.1, 0.15) is 25.8 Å². The van der Waals surface area contributed by atoms with Gasteiger partial charge in [-0.1, -0.05) is 24.6 Å². The van der Waals surface area contributed by atoms with E-state index in [1.165, 1.54) is 0 Å². The first kappa shape index (κ1) is 16.9. The minimum absolute atomic E-state index is 0.187. The number of amides is 1. The van der Waals surface area contributed by atoms with Crippen molar-refractivity contribution in [2.24, 2.45) is 0 Å². The van der Waals surface area contributed by atoms with E-state index < -0.39 is 6.10 Å². The first-order valence-electron chi connectivity index (χ1n) is 7.85. The van der Waals surface area contributed by atoms with Gasteiger partial charge in [0.15, 0.2) is 6.10 Å². The molecule has 0 aliphatic heterocycles. The number of aryl methyl sites for hydroxylation is 1. The lowest BCUT2D eigenvalue weighted by atomic mass is 10.2. The molecule has 0 aromatic heterocycles. The number of benzene rings is 2. The topological polar surface area (TPSA) is 47.6 Å². The Hall–Kier alpha value is -2.49. The van der Waals surface area contributed by atoms with Gasteiger partial charge in [-0.05, 0) is 56.7 Å². The number of rotatable bonds is 7. The summed E-state index contributed by atoms with van der Waals surface area (Å²) < 4.78 is 11.2. The Balaban J connectivity index is 1.88. The van der Waals surface area contributed by atoms with E-state index in [2.05, 4.69) is 12.2 Å². The highest BCUT2D eigenvalue weighted by Gasteiger charge is 2.14. The molecule has 0 bridgehead atoms. The summed E-state index contributed by atoms with van der Waals surface area (Å²) in [5.74, 6) is 1.29. The van der Waals surface area contributed by atoms with E-state index in [4.69, 9.17) is 9.47 Å². The fourth-order valence-corrected chi connectivity index (χ4v) is 1.97. The van der Waals surface area contributed by atoms with Crippen LogP contribution in [0.5, 0.6) is 11.5 Å². The molecular weight excluding hydrogens is 290 g/mol. The van der Waals surface area contributed by atoms with Gasteiger partial charge in [-0.2, -0.15) is 0 Å². The Bertz CT molecular complexity index is 620. The van der Waals surface area contributed by atoms with Crippen molar-refractivity contribution in [1.82, 2.24) is 0 Å². The highest BCUT2D eigenvalue weighted by molar-refractivity contribution is 5.94. The van der Waals surface area contributed by atoms with Gasteiger partial charge in [-0.25, -0.2) is 0 Å². The normalized spacial score (nSPS) is 11.6. The monoisotopic (exact) mass is 313 g/mol. The molecule has 0 unspecified atom stereocenters. The largest absolute Gasteiger partial charge is 0.494 e. The summed E-state index contributed by atoms with van der Waals surface area (Å²) in [4.78, 5) is 12.2. The maximum Gasteiger partial charge on any atom is 0.265 e. The number of carbonyl (C=O) groups is 1. The second-order valence-corrected chi connectivity index (χ2v) is 5.44. The summed E-state index contributed by atoms with van der Waals surface area (Å²) in [6.07, 6.45) is 0.389. The molecule has 0 radical (unpaired) electrons. The van der Waals surface area contributed by atoms with Crippen molar-refractivity contribution in [3.63, 3.8) is 0 Å². The molecule has 2 aromatic rings. The Morgan fingerprint density at radius 2 is 1.65 bits per heavy atom. The Morgan fingerprint density at radius 3 is 2.26 bits per heavy atom. The lowest BCUT2D eigenvalue weighted by molar-refractivity contribution is -0.122. The average molecular weight is 313 g/mol. The Morgan fingerprint density at radius 1 is 1.04 bits per heavy atom. The van der Waals surface area contributed by atoms with Gasteiger partial charge in [0, 0.05) is 5.69 Å². The third-order valence-electron chi connectivity index (χ3n) is 3.30. The van der Waals surface area contributed by atoms with Crippen LogP contribution in [0.2, 0.25) is 0 Å². The third kappa shape index (κ3) is 5.33. The number of ether oxygens (including phenoxy) is 2. The first-order chi connectivity index (χ1) is 11.1. The van der Waals surface area contributed by atoms with Gasteiger partial charge in [0.25, 0.3) is 5.91 Å². The Labute approximate surface area is 137 Å². The van der Waals surface area contributed by atoms with Crippen LogP contribution in [0.25, 0.3) is 0 Å². The third-order valence-corrected chi connectivity index (χ3v) is 3.30.